The van der Waals surface area contributed by atoms with E-state index in [2.05, 4.69) is 11.9 Å². The number of benzene rings is 1. The minimum Gasteiger partial charge on any atom is -0.353 e. The predicted molar refractivity (Wildman–Crippen MR) is 111 cm³/mol. The smallest absolute Gasteiger partial charge is 0.353 e. The molecule has 0 atom stereocenters. The molecule has 3 rings (SSSR count). The van der Waals surface area contributed by atoms with E-state index < -0.39 is 17.8 Å². The summed E-state index contributed by atoms with van der Waals surface area (Å²) < 4.78 is 41.6. The Morgan fingerprint density at radius 2 is 1.94 bits per heavy atom. The Morgan fingerprint density at radius 3 is 2.52 bits per heavy atom. The number of hydrogen-bond donors (Lipinski definition) is 1. The third-order valence-electron chi connectivity index (χ3n) is 5.13. The van der Waals surface area contributed by atoms with Gasteiger partial charge in [-0.15, -0.1) is 6.58 Å². The Bertz CT molecular complexity index is 950. The van der Waals surface area contributed by atoms with Gasteiger partial charge in [-0.3, -0.25) is 4.79 Å². The second-order valence-corrected chi connectivity index (χ2v) is 7.51. The molecule has 2 aromatic rings. The number of rotatable bonds is 8. The van der Waals surface area contributed by atoms with Crippen LogP contribution >= 0.6 is 0 Å². The summed E-state index contributed by atoms with van der Waals surface area (Å²) in [6, 6.07) is 7.86. The molecule has 0 spiro atoms. The van der Waals surface area contributed by atoms with Crippen LogP contribution in [-0.4, -0.2) is 45.4 Å². The fourth-order valence-electron chi connectivity index (χ4n) is 3.31. The highest BCUT2D eigenvalue weighted by Gasteiger charge is 2.35. The van der Waals surface area contributed by atoms with Gasteiger partial charge in [0.05, 0.1) is 17.8 Å². The lowest BCUT2D eigenvalue weighted by atomic mass is 10.1. The maximum absolute atomic E-state index is 13.2. The van der Waals surface area contributed by atoms with Crippen LogP contribution in [0.25, 0.3) is 0 Å². The largest absolute Gasteiger partial charge is 0.418 e. The number of carbonyl (C=O) groups is 2. The van der Waals surface area contributed by atoms with Gasteiger partial charge in [-0.05, 0) is 37.1 Å². The van der Waals surface area contributed by atoms with Gasteiger partial charge in [0, 0.05) is 31.5 Å². The van der Waals surface area contributed by atoms with Crippen LogP contribution in [0.5, 0.6) is 0 Å². The SMILES string of the molecule is C=CCN(CC(=O)N(Cc1cccn1C)C1CC1)C(=O)Nc1ccccc1C(F)(F)F. The number of para-hydroxylation sites is 1. The van der Waals surface area contributed by atoms with Crippen molar-refractivity contribution in [2.45, 2.75) is 31.6 Å². The monoisotopic (exact) mass is 434 g/mol. The van der Waals surface area contributed by atoms with Gasteiger partial charge in [0.25, 0.3) is 0 Å². The molecule has 9 heteroatoms. The van der Waals surface area contributed by atoms with E-state index in [0.717, 1.165) is 29.5 Å². The molecule has 1 aromatic heterocycles. The first-order valence-corrected chi connectivity index (χ1v) is 9.93. The molecule has 1 aliphatic carbocycles. The molecule has 0 bridgehead atoms. The number of aryl methyl sites for hydroxylation is 1. The van der Waals surface area contributed by atoms with Crippen molar-refractivity contribution in [1.29, 1.82) is 0 Å². The molecule has 31 heavy (non-hydrogen) atoms. The number of nitrogens with zero attached hydrogens (tertiary/aromatic N) is 3. The summed E-state index contributed by atoms with van der Waals surface area (Å²) in [6.45, 7) is 3.76. The zero-order valence-corrected chi connectivity index (χ0v) is 17.2. The fraction of sp³-hybridized carbons (Fsp3) is 0.364. The van der Waals surface area contributed by atoms with Gasteiger partial charge in [0.2, 0.25) is 5.91 Å². The highest BCUT2D eigenvalue weighted by molar-refractivity contribution is 5.93. The van der Waals surface area contributed by atoms with Crippen LogP contribution < -0.4 is 5.32 Å². The van der Waals surface area contributed by atoms with Gasteiger partial charge in [0.15, 0.2) is 0 Å². The van der Waals surface area contributed by atoms with Crippen molar-refractivity contribution in [2.24, 2.45) is 7.05 Å². The van der Waals surface area contributed by atoms with E-state index in [4.69, 9.17) is 0 Å². The predicted octanol–water partition coefficient (Wildman–Crippen LogP) is 4.26. The Balaban J connectivity index is 1.73. The van der Waals surface area contributed by atoms with E-state index in [1.165, 1.54) is 24.3 Å². The Hall–Kier alpha value is -3.23. The van der Waals surface area contributed by atoms with Crippen LogP contribution in [0.3, 0.4) is 0 Å². The normalized spacial score (nSPS) is 13.5. The van der Waals surface area contributed by atoms with Crippen molar-refractivity contribution < 1.29 is 22.8 Å². The van der Waals surface area contributed by atoms with E-state index in [9.17, 15) is 22.8 Å². The summed E-state index contributed by atoms with van der Waals surface area (Å²) in [5.74, 6) is -0.259. The van der Waals surface area contributed by atoms with Crippen molar-refractivity contribution in [2.75, 3.05) is 18.4 Å². The summed E-state index contributed by atoms with van der Waals surface area (Å²) in [4.78, 5) is 28.6. The molecule has 1 N–H and O–H groups in total. The molecule has 1 fully saturated rings. The topological polar surface area (TPSA) is 57.6 Å². The zero-order valence-electron chi connectivity index (χ0n) is 17.2. The molecule has 3 amide bonds. The fourth-order valence-corrected chi connectivity index (χ4v) is 3.31. The van der Waals surface area contributed by atoms with Crippen molar-refractivity contribution in [3.63, 3.8) is 0 Å². The molecular weight excluding hydrogens is 409 g/mol. The zero-order chi connectivity index (χ0) is 22.6. The number of amides is 3. The molecule has 1 aliphatic rings. The highest BCUT2D eigenvalue weighted by Crippen LogP contribution is 2.34. The van der Waals surface area contributed by atoms with Gasteiger partial charge >= 0.3 is 12.2 Å². The van der Waals surface area contributed by atoms with Gasteiger partial charge in [-0.25, -0.2) is 4.79 Å². The first-order chi connectivity index (χ1) is 14.7. The lowest BCUT2D eigenvalue weighted by Gasteiger charge is -2.27. The van der Waals surface area contributed by atoms with Gasteiger partial charge in [0.1, 0.15) is 6.54 Å². The summed E-state index contributed by atoms with van der Waals surface area (Å²) in [5.41, 5.74) is -0.347. The average Bonchev–Trinajstić information content (AvgIpc) is 3.47. The summed E-state index contributed by atoms with van der Waals surface area (Å²) in [7, 11) is 1.89. The summed E-state index contributed by atoms with van der Waals surface area (Å²) in [5, 5.41) is 2.29. The second kappa shape index (κ2) is 9.28. The van der Waals surface area contributed by atoms with Crippen molar-refractivity contribution >= 4 is 17.6 Å². The van der Waals surface area contributed by atoms with Crippen molar-refractivity contribution in [1.82, 2.24) is 14.4 Å². The number of halogens is 3. The number of urea groups is 1. The van der Waals surface area contributed by atoms with Crippen molar-refractivity contribution in [3.8, 4) is 0 Å². The maximum atomic E-state index is 13.2. The first-order valence-electron chi connectivity index (χ1n) is 9.93. The van der Waals surface area contributed by atoms with E-state index in [1.54, 1.807) is 4.90 Å². The van der Waals surface area contributed by atoms with Crippen LogP contribution in [0.1, 0.15) is 24.1 Å². The lowest BCUT2D eigenvalue weighted by molar-refractivity contribution is -0.137. The third-order valence-corrected chi connectivity index (χ3v) is 5.13. The van der Waals surface area contributed by atoms with Crippen LogP contribution in [-0.2, 0) is 24.6 Å². The van der Waals surface area contributed by atoms with Crippen LogP contribution in [0, 0.1) is 0 Å². The van der Waals surface area contributed by atoms with Crippen molar-refractivity contribution in [3.05, 3.63) is 66.5 Å². The number of anilines is 1. The minimum absolute atomic E-state index is 0.0222. The number of aromatic nitrogens is 1. The van der Waals surface area contributed by atoms with E-state index in [0.29, 0.717) is 6.54 Å². The Labute approximate surface area is 178 Å². The molecule has 0 unspecified atom stereocenters. The number of nitrogens with one attached hydrogen (secondary N) is 1. The summed E-state index contributed by atoms with van der Waals surface area (Å²) in [6.07, 6.45) is 0.494. The number of carbonyl (C=O) groups excluding carboxylic acids is 2. The molecule has 6 nitrogen and oxygen atoms in total. The molecule has 0 aliphatic heterocycles. The Kier molecular flexibility index (Phi) is 6.72. The van der Waals surface area contributed by atoms with E-state index in [1.807, 2.05) is 29.9 Å². The van der Waals surface area contributed by atoms with E-state index >= 15 is 0 Å². The molecule has 1 heterocycles. The molecular formula is C22H25F3N4O2. The molecule has 0 saturated heterocycles. The first kappa shape index (κ1) is 22.5. The summed E-state index contributed by atoms with van der Waals surface area (Å²) >= 11 is 0. The Morgan fingerprint density at radius 1 is 1.23 bits per heavy atom. The molecule has 166 valence electrons. The van der Waals surface area contributed by atoms with Gasteiger partial charge in [-0.1, -0.05) is 18.2 Å². The molecule has 1 saturated carbocycles. The molecule has 1 aromatic carbocycles. The van der Waals surface area contributed by atoms with Crippen LogP contribution in [0.4, 0.5) is 23.7 Å². The van der Waals surface area contributed by atoms with Crippen LogP contribution in [0.15, 0.2) is 55.3 Å². The van der Waals surface area contributed by atoms with E-state index in [-0.39, 0.29) is 30.7 Å². The minimum atomic E-state index is -4.61. The molecule has 0 radical (unpaired) electrons. The van der Waals surface area contributed by atoms with Gasteiger partial charge < -0.3 is 19.7 Å². The highest BCUT2D eigenvalue weighted by atomic mass is 19.4. The van der Waals surface area contributed by atoms with Crippen LogP contribution in [0.2, 0.25) is 0 Å². The standard InChI is InChI=1S/C22H25F3N4O2/c1-3-12-28(21(31)26-19-9-5-4-8-18(19)22(23,24)25)15-20(30)29(16-10-11-16)14-17-7-6-13-27(17)2/h3-9,13,16H,1,10-12,14-15H2,2H3,(H,26,31). The van der Waals surface area contributed by atoms with Gasteiger partial charge in [-0.2, -0.15) is 13.2 Å². The second-order valence-electron chi connectivity index (χ2n) is 7.51. The quantitative estimate of drug-likeness (QED) is 0.632. The lowest BCUT2D eigenvalue weighted by Crippen LogP contribution is -2.45. The number of alkyl halides is 3. The maximum Gasteiger partial charge on any atom is 0.418 e. The third kappa shape index (κ3) is 5.68. The average molecular weight is 434 g/mol. The number of hydrogen-bond acceptors (Lipinski definition) is 2.